The van der Waals surface area contributed by atoms with Gasteiger partial charge in [0, 0.05) is 30.8 Å². The molecule has 1 saturated heterocycles. The molecule has 19 heavy (non-hydrogen) atoms. The summed E-state index contributed by atoms with van der Waals surface area (Å²) in [5.41, 5.74) is 6.44. The molecular weight excluding hydrogens is 273 g/mol. The smallest absolute Gasteiger partial charge is 0.285 e. The molecule has 6 nitrogen and oxygen atoms in total. The van der Waals surface area contributed by atoms with Gasteiger partial charge in [-0.15, -0.1) is 11.3 Å². The first kappa shape index (κ1) is 12.4. The Morgan fingerprint density at radius 1 is 1.53 bits per heavy atom. The van der Waals surface area contributed by atoms with Gasteiger partial charge in [0.15, 0.2) is 5.75 Å². The molecule has 2 N–H and O–H groups in total. The number of rotatable bonds is 1. The summed E-state index contributed by atoms with van der Waals surface area (Å²) in [7, 11) is 1.28. The maximum atomic E-state index is 14.9. The lowest BCUT2D eigenvalue weighted by Crippen LogP contribution is -2.60. The Morgan fingerprint density at radius 3 is 2.95 bits per heavy atom. The van der Waals surface area contributed by atoms with Crippen molar-refractivity contribution in [2.75, 3.05) is 12.8 Å². The maximum absolute atomic E-state index is 14.9. The van der Waals surface area contributed by atoms with E-state index in [4.69, 9.17) is 10.6 Å². The molecular formula is C11H12FN3O3S. The van der Waals surface area contributed by atoms with E-state index in [9.17, 15) is 14.0 Å². The summed E-state index contributed by atoms with van der Waals surface area (Å²) < 4.78 is 14.9. The lowest BCUT2D eigenvalue weighted by molar-refractivity contribution is -0.217. The van der Waals surface area contributed by atoms with Crippen LogP contribution >= 0.6 is 11.3 Å². The number of hydrogen-bond acceptors (Lipinski definition) is 6. The Balaban J connectivity index is 1.87. The predicted molar refractivity (Wildman–Crippen MR) is 65.8 cm³/mol. The van der Waals surface area contributed by atoms with Crippen molar-refractivity contribution in [3.63, 3.8) is 0 Å². The number of likely N-dealkylation sites (tertiary alicyclic amines) is 1. The van der Waals surface area contributed by atoms with Crippen molar-refractivity contribution in [1.29, 1.82) is 0 Å². The SMILES string of the molecule is CN1C(=O)CC[C@](F)(N2Cc3c(csc3N)O2)C1=O. The van der Waals surface area contributed by atoms with Crippen molar-refractivity contribution in [3.05, 3.63) is 10.9 Å². The van der Waals surface area contributed by atoms with Crippen LogP contribution in [0.3, 0.4) is 0 Å². The molecule has 8 heteroatoms. The number of nitrogen functional groups attached to an aromatic ring is 1. The van der Waals surface area contributed by atoms with E-state index in [0.717, 1.165) is 9.96 Å². The molecule has 1 atom stereocenters. The number of carbonyl (C=O) groups excluding carboxylic acids is 2. The Labute approximate surface area is 112 Å². The first-order valence-electron chi connectivity index (χ1n) is 5.75. The summed E-state index contributed by atoms with van der Waals surface area (Å²) in [6, 6.07) is 0. The van der Waals surface area contributed by atoms with E-state index < -0.39 is 11.7 Å². The van der Waals surface area contributed by atoms with Crippen molar-refractivity contribution in [2.24, 2.45) is 0 Å². The minimum atomic E-state index is -2.31. The molecule has 3 heterocycles. The number of fused-ring (bicyclic) bond motifs is 1. The molecule has 2 amide bonds. The van der Waals surface area contributed by atoms with E-state index in [1.807, 2.05) is 0 Å². The summed E-state index contributed by atoms with van der Waals surface area (Å²) in [5.74, 6) is -3.11. The monoisotopic (exact) mass is 285 g/mol. The lowest BCUT2D eigenvalue weighted by Gasteiger charge is -2.37. The van der Waals surface area contributed by atoms with Crippen molar-refractivity contribution in [3.8, 4) is 5.75 Å². The van der Waals surface area contributed by atoms with Gasteiger partial charge in [-0.25, -0.2) is 4.39 Å². The van der Waals surface area contributed by atoms with Crippen molar-refractivity contribution in [1.82, 2.24) is 9.96 Å². The molecule has 2 aliphatic rings. The fourth-order valence-corrected chi connectivity index (χ4v) is 2.98. The van der Waals surface area contributed by atoms with E-state index in [1.165, 1.54) is 18.4 Å². The number of likely N-dealkylation sites (N-methyl/N-ethyl adjacent to an activating group) is 1. The minimum Gasteiger partial charge on any atom is -0.401 e. The first-order chi connectivity index (χ1) is 8.93. The average Bonchev–Trinajstić information content (AvgIpc) is 2.95. The molecule has 3 rings (SSSR count). The maximum Gasteiger partial charge on any atom is 0.285 e. The number of amides is 2. The molecule has 0 radical (unpaired) electrons. The van der Waals surface area contributed by atoms with Gasteiger partial charge in [-0.3, -0.25) is 14.5 Å². The third-order valence-electron chi connectivity index (χ3n) is 3.47. The summed E-state index contributed by atoms with van der Waals surface area (Å²) in [6.07, 6.45) is -0.233. The number of hydroxylamine groups is 2. The fraction of sp³-hybridized carbons (Fsp3) is 0.455. The van der Waals surface area contributed by atoms with Gasteiger partial charge in [0.1, 0.15) is 0 Å². The number of nitrogens with zero attached hydrogens (tertiary/aromatic N) is 2. The summed E-state index contributed by atoms with van der Waals surface area (Å²) in [4.78, 5) is 29.5. The second-order valence-corrected chi connectivity index (χ2v) is 5.50. The predicted octanol–water partition coefficient (Wildman–Crippen LogP) is 0.884. The number of halogens is 1. The number of piperidine rings is 1. The van der Waals surface area contributed by atoms with Gasteiger partial charge in [-0.05, 0) is 0 Å². The first-order valence-corrected chi connectivity index (χ1v) is 6.63. The quantitative estimate of drug-likeness (QED) is 0.612. The Bertz CT molecular complexity index is 576. The molecule has 0 aromatic carbocycles. The molecule has 0 saturated carbocycles. The number of thiophene rings is 1. The van der Waals surface area contributed by atoms with Crippen LogP contribution in [0.2, 0.25) is 0 Å². The molecule has 0 spiro atoms. The van der Waals surface area contributed by atoms with E-state index in [0.29, 0.717) is 16.3 Å². The van der Waals surface area contributed by atoms with E-state index >= 15 is 0 Å². The number of nitrogens with two attached hydrogens (primary N) is 1. The number of alkyl halides is 1. The fourth-order valence-electron chi connectivity index (χ4n) is 2.25. The molecule has 1 aromatic heterocycles. The topological polar surface area (TPSA) is 75.9 Å². The lowest BCUT2D eigenvalue weighted by atomic mass is 10.0. The third-order valence-corrected chi connectivity index (χ3v) is 4.30. The van der Waals surface area contributed by atoms with Crippen LogP contribution in [0.4, 0.5) is 9.39 Å². The average molecular weight is 285 g/mol. The Morgan fingerprint density at radius 2 is 2.26 bits per heavy atom. The van der Waals surface area contributed by atoms with Crippen LogP contribution < -0.4 is 10.6 Å². The van der Waals surface area contributed by atoms with Gasteiger partial charge < -0.3 is 10.6 Å². The highest BCUT2D eigenvalue weighted by molar-refractivity contribution is 7.14. The van der Waals surface area contributed by atoms with Crippen LogP contribution in [0.25, 0.3) is 0 Å². The van der Waals surface area contributed by atoms with Crippen LogP contribution in [0.1, 0.15) is 18.4 Å². The van der Waals surface area contributed by atoms with Gasteiger partial charge in [-0.1, -0.05) is 5.06 Å². The summed E-state index contributed by atoms with van der Waals surface area (Å²) >= 11 is 1.31. The van der Waals surface area contributed by atoms with Crippen molar-refractivity contribution < 1.29 is 18.8 Å². The van der Waals surface area contributed by atoms with Gasteiger partial charge in [0.25, 0.3) is 11.7 Å². The Kier molecular flexibility index (Phi) is 2.55. The second-order valence-electron chi connectivity index (χ2n) is 4.59. The molecule has 0 bridgehead atoms. The largest absolute Gasteiger partial charge is 0.401 e. The van der Waals surface area contributed by atoms with Crippen LogP contribution in [0, 0.1) is 0 Å². The normalized spacial score (nSPS) is 27.6. The molecule has 102 valence electrons. The Hall–Kier alpha value is -1.67. The number of anilines is 1. The molecule has 1 fully saturated rings. The highest BCUT2D eigenvalue weighted by Crippen LogP contribution is 2.43. The third kappa shape index (κ3) is 1.63. The highest BCUT2D eigenvalue weighted by atomic mass is 32.1. The highest BCUT2D eigenvalue weighted by Gasteiger charge is 2.54. The summed E-state index contributed by atoms with van der Waals surface area (Å²) in [6.45, 7) is 0.106. The zero-order valence-electron chi connectivity index (χ0n) is 10.2. The van der Waals surface area contributed by atoms with Crippen LogP contribution in [-0.4, -0.2) is 34.6 Å². The van der Waals surface area contributed by atoms with Gasteiger partial charge in [-0.2, -0.15) is 0 Å². The number of carbonyl (C=O) groups is 2. The van der Waals surface area contributed by atoms with E-state index in [2.05, 4.69) is 0 Å². The van der Waals surface area contributed by atoms with E-state index in [1.54, 1.807) is 5.38 Å². The summed E-state index contributed by atoms with van der Waals surface area (Å²) in [5, 5.41) is 3.20. The van der Waals surface area contributed by atoms with Crippen molar-refractivity contribution >= 4 is 28.2 Å². The molecule has 2 aliphatic heterocycles. The zero-order valence-corrected chi connectivity index (χ0v) is 11.0. The van der Waals surface area contributed by atoms with Crippen LogP contribution in [-0.2, 0) is 16.1 Å². The number of hydrogen-bond donors (Lipinski definition) is 1. The van der Waals surface area contributed by atoms with E-state index in [-0.39, 0.29) is 25.3 Å². The van der Waals surface area contributed by atoms with Crippen molar-refractivity contribution in [2.45, 2.75) is 25.2 Å². The molecule has 0 unspecified atom stereocenters. The van der Waals surface area contributed by atoms with Gasteiger partial charge in [0.05, 0.1) is 11.5 Å². The van der Waals surface area contributed by atoms with Crippen LogP contribution in [0.5, 0.6) is 5.75 Å². The standard InChI is InChI=1S/C11H12FN3O3S/c1-14-8(16)2-3-11(12,10(14)17)15-4-6-7(18-15)5-19-9(6)13/h5H,2-4,13H2,1H3/t11-/m0/s1. The van der Waals surface area contributed by atoms with Gasteiger partial charge in [0.2, 0.25) is 5.91 Å². The second kappa shape index (κ2) is 3.91. The van der Waals surface area contributed by atoms with Gasteiger partial charge >= 0.3 is 0 Å². The zero-order chi connectivity index (χ0) is 13.8. The number of imide groups is 1. The molecule has 1 aromatic rings. The minimum absolute atomic E-state index is 0.0269. The molecule has 0 aliphatic carbocycles. The van der Waals surface area contributed by atoms with Crippen LogP contribution in [0.15, 0.2) is 5.38 Å².